The smallest absolute Gasteiger partial charge is 0.227 e. The van der Waals surface area contributed by atoms with Gasteiger partial charge in [0, 0.05) is 17.8 Å². The van der Waals surface area contributed by atoms with E-state index in [9.17, 15) is 4.79 Å². The molecule has 3 N–H and O–H groups in total. The summed E-state index contributed by atoms with van der Waals surface area (Å²) in [6, 6.07) is 3.60. The lowest BCUT2D eigenvalue weighted by Gasteiger charge is -2.11. The van der Waals surface area contributed by atoms with Crippen LogP contribution in [0.25, 0.3) is 0 Å². The van der Waals surface area contributed by atoms with Gasteiger partial charge >= 0.3 is 0 Å². The molecule has 1 aliphatic rings. The standard InChI is InChI=1S/C13H19N3OS/c1-2-9-3-4-10(7-9)13(17)16-11-5-6-15-12(8-11)18-14/h5-6,8-10H,2-4,7,14H2,1H3,(H,15,16,17). The molecule has 98 valence electrons. The molecule has 0 aliphatic heterocycles. The Morgan fingerprint density at radius 3 is 3.11 bits per heavy atom. The van der Waals surface area contributed by atoms with Gasteiger partial charge in [-0.05, 0) is 49.3 Å². The zero-order valence-corrected chi connectivity index (χ0v) is 11.4. The van der Waals surface area contributed by atoms with Crippen LogP contribution in [0.15, 0.2) is 23.4 Å². The number of anilines is 1. The van der Waals surface area contributed by atoms with Gasteiger partial charge in [-0.1, -0.05) is 13.3 Å². The van der Waals surface area contributed by atoms with E-state index in [2.05, 4.69) is 17.2 Å². The lowest BCUT2D eigenvalue weighted by Crippen LogP contribution is -2.20. The number of hydrogen-bond acceptors (Lipinski definition) is 4. The molecular formula is C13H19N3OS. The summed E-state index contributed by atoms with van der Waals surface area (Å²) in [6.07, 6.45) is 6.04. The van der Waals surface area contributed by atoms with Gasteiger partial charge in [-0.15, -0.1) is 0 Å². The van der Waals surface area contributed by atoms with Gasteiger partial charge in [-0.3, -0.25) is 9.93 Å². The van der Waals surface area contributed by atoms with Crippen LogP contribution in [0.5, 0.6) is 0 Å². The molecule has 0 bridgehead atoms. The van der Waals surface area contributed by atoms with E-state index < -0.39 is 0 Å². The number of carbonyl (C=O) groups is 1. The van der Waals surface area contributed by atoms with E-state index in [1.54, 1.807) is 18.3 Å². The number of nitrogens with one attached hydrogen (secondary N) is 1. The predicted molar refractivity (Wildman–Crippen MR) is 74.0 cm³/mol. The van der Waals surface area contributed by atoms with Crippen LogP contribution in [0.4, 0.5) is 5.69 Å². The molecule has 1 amide bonds. The van der Waals surface area contributed by atoms with Crippen LogP contribution >= 0.6 is 11.9 Å². The number of pyridine rings is 1. The maximum atomic E-state index is 12.1. The average molecular weight is 265 g/mol. The van der Waals surface area contributed by atoms with E-state index in [1.807, 2.05) is 0 Å². The topological polar surface area (TPSA) is 68.0 Å². The number of amides is 1. The quantitative estimate of drug-likeness (QED) is 0.821. The molecule has 4 nitrogen and oxygen atoms in total. The van der Waals surface area contributed by atoms with Gasteiger partial charge < -0.3 is 5.32 Å². The van der Waals surface area contributed by atoms with Crippen molar-refractivity contribution in [2.24, 2.45) is 17.0 Å². The molecule has 2 atom stereocenters. The van der Waals surface area contributed by atoms with Crippen molar-refractivity contribution in [3.63, 3.8) is 0 Å². The van der Waals surface area contributed by atoms with Crippen LogP contribution in [-0.2, 0) is 4.79 Å². The van der Waals surface area contributed by atoms with Gasteiger partial charge in [0.1, 0.15) is 5.03 Å². The monoisotopic (exact) mass is 265 g/mol. The van der Waals surface area contributed by atoms with Crippen LogP contribution in [0.3, 0.4) is 0 Å². The minimum Gasteiger partial charge on any atom is -0.326 e. The van der Waals surface area contributed by atoms with Crippen molar-refractivity contribution < 1.29 is 4.79 Å². The summed E-state index contributed by atoms with van der Waals surface area (Å²) < 4.78 is 0. The van der Waals surface area contributed by atoms with Crippen LogP contribution in [0, 0.1) is 11.8 Å². The fourth-order valence-corrected chi connectivity index (χ4v) is 2.80. The van der Waals surface area contributed by atoms with Gasteiger partial charge in [0.25, 0.3) is 0 Å². The molecule has 0 saturated heterocycles. The number of nitrogens with zero attached hydrogens (tertiary/aromatic N) is 1. The van der Waals surface area contributed by atoms with Gasteiger partial charge in [0.05, 0.1) is 0 Å². The molecule has 2 rings (SSSR count). The summed E-state index contributed by atoms with van der Waals surface area (Å²) in [5.41, 5.74) is 0.780. The number of hydrogen-bond donors (Lipinski definition) is 2. The first-order chi connectivity index (χ1) is 8.72. The second-order valence-electron chi connectivity index (χ2n) is 4.77. The van der Waals surface area contributed by atoms with Crippen LogP contribution in [0.2, 0.25) is 0 Å². The third-order valence-corrected chi connectivity index (χ3v) is 4.08. The largest absolute Gasteiger partial charge is 0.326 e. The molecule has 0 aromatic carbocycles. The first-order valence-corrected chi connectivity index (χ1v) is 7.24. The van der Waals surface area contributed by atoms with E-state index in [0.29, 0.717) is 10.9 Å². The molecule has 0 radical (unpaired) electrons. The minimum absolute atomic E-state index is 0.130. The van der Waals surface area contributed by atoms with Crippen LogP contribution < -0.4 is 10.5 Å². The van der Waals surface area contributed by atoms with Gasteiger partial charge in [0.15, 0.2) is 0 Å². The number of aromatic nitrogens is 1. The van der Waals surface area contributed by atoms with Crippen molar-refractivity contribution in [1.82, 2.24) is 4.98 Å². The fourth-order valence-electron chi connectivity index (χ4n) is 2.48. The maximum absolute atomic E-state index is 12.1. The lowest BCUT2D eigenvalue weighted by molar-refractivity contribution is -0.119. The predicted octanol–water partition coefficient (Wildman–Crippen LogP) is 2.81. The molecule has 0 spiro atoms. The van der Waals surface area contributed by atoms with Crippen LogP contribution in [-0.4, -0.2) is 10.9 Å². The summed E-state index contributed by atoms with van der Waals surface area (Å²) >= 11 is 1.08. The van der Waals surface area contributed by atoms with Gasteiger partial charge in [-0.25, -0.2) is 4.98 Å². The SMILES string of the molecule is CCC1CCC(C(=O)Nc2ccnc(SN)c2)C1. The first kappa shape index (κ1) is 13.4. The Kier molecular flexibility index (Phi) is 4.60. The van der Waals surface area contributed by atoms with E-state index in [-0.39, 0.29) is 11.8 Å². The molecule has 1 saturated carbocycles. The summed E-state index contributed by atoms with van der Waals surface area (Å²) in [6.45, 7) is 2.19. The van der Waals surface area contributed by atoms with Crippen LogP contribution in [0.1, 0.15) is 32.6 Å². The highest BCUT2D eigenvalue weighted by atomic mass is 32.2. The average Bonchev–Trinajstić information content (AvgIpc) is 2.88. The third kappa shape index (κ3) is 3.23. The Bertz CT molecular complexity index is 424. The minimum atomic E-state index is 0.130. The Hall–Kier alpha value is -1.07. The zero-order chi connectivity index (χ0) is 13.0. The molecule has 1 aliphatic carbocycles. The number of rotatable bonds is 4. The summed E-state index contributed by atoms with van der Waals surface area (Å²) in [4.78, 5) is 16.2. The highest BCUT2D eigenvalue weighted by Crippen LogP contribution is 2.33. The Morgan fingerprint density at radius 1 is 1.61 bits per heavy atom. The summed E-state index contributed by atoms with van der Waals surface area (Å²) in [5.74, 6) is 1.01. The summed E-state index contributed by atoms with van der Waals surface area (Å²) in [5, 5.41) is 9.12. The first-order valence-electron chi connectivity index (χ1n) is 6.36. The number of carbonyl (C=O) groups excluding carboxylic acids is 1. The van der Waals surface area contributed by atoms with E-state index in [4.69, 9.17) is 5.14 Å². The van der Waals surface area contributed by atoms with Crippen molar-refractivity contribution in [2.75, 3.05) is 5.32 Å². The molecule has 5 heteroatoms. The molecule has 2 unspecified atom stereocenters. The normalized spacial score (nSPS) is 23.0. The van der Waals surface area contributed by atoms with Crippen molar-refractivity contribution in [1.29, 1.82) is 0 Å². The highest BCUT2D eigenvalue weighted by molar-refractivity contribution is 7.97. The second-order valence-corrected chi connectivity index (χ2v) is 5.43. The lowest BCUT2D eigenvalue weighted by atomic mass is 10.0. The molecule has 1 aromatic rings. The van der Waals surface area contributed by atoms with Crippen molar-refractivity contribution in [3.8, 4) is 0 Å². The Balaban J connectivity index is 1.94. The number of nitrogens with two attached hydrogens (primary N) is 1. The molecular weight excluding hydrogens is 246 g/mol. The fraction of sp³-hybridized carbons (Fsp3) is 0.538. The maximum Gasteiger partial charge on any atom is 0.227 e. The Labute approximate surface area is 112 Å². The zero-order valence-electron chi connectivity index (χ0n) is 10.6. The molecule has 1 fully saturated rings. The van der Waals surface area contributed by atoms with E-state index in [1.165, 1.54) is 12.8 Å². The van der Waals surface area contributed by atoms with Gasteiger partial charge in [0.2, 0.25) is 5.91 Å². The summed E-state index contributed by atoms with van der Waals surface area (Å²) in [7, 11) is 0. The van der Waals surface area contributed by atoms with Gasteiger partial charge in [-0.2, -0.15) is 0 Å². The molecule has 1 heterocycles. The molecule has 1 aromatic heterocycles. The van der Waals surface area contributed by atoms with Crippen molar-refractivity contribution in [3.05, 3.63) is 18.3 Å². The van der Waals surface area contributed by atoms with Crippen molar-refractivity contribution >= 4 is 23.5 Å². The second kappa shape index (κ2) is 6.20. The third-order valence-electron chi connectivity index (χ3n) is 3.61. The molecule has 18 heavy (non-hydrogen) atoms. The Morgan fingerprint density at radius 2 is 2.44 bits per heavy atom. The highest BCUT2D eigenvalue weighted by Gasteiger charge is 2.28. The van der Waals surface area contributed by atoms with E-state index in [0.717, 1.165) is 30.5 Å². The van der Waals surface area contributed by atoms with E-state index >= 15 is 0 Å². The van der Waals surface area contributed by atoms with Crippen molar-refractivity contribution in [2.45, 2.75) is 37.6 Å².